The van der Waals surface area contributed by atoms with Gasteiger partial charge in [0.05, 0.1) is 42.4 Å². The van der Waals surface area contributed by atoms with E-state index in [2.05, 4.69) is 10.6 Å². The number of ether oxygens (including phenoxy) is 1. The first-order valence-corrected chi connectivity index (χ1v) is 16.2. The van der Waals surface area contributed by atoms with Crippen molar-refractivity contribution in [3.05, 3.63) is 48.0 Å². The molecule has 0 spiro atoms. The van der Waals surface area contributed by atoms with E-state index in [0.29, 0.717) is 42.7 Å². The molecule has 3 rings (SSSR count). The molecule has 0 bridgehead atoms. The van der Waals surface area contributed by atoms with Gasteiger partial charge in [0, 0.05) is 38.0 Å². The summed E-state index contributed by atoms with van der Waals surface area (Å²) in [5, 5.41) is 15.4. The highest BCUT2D eigenvalue weighted by molar-refractivity contribution is 7.88. The number of nitrogens with zero attached hydrogens (tertiary/aromatic N) is 2. The Kier molecular flexibility index (Phi) is 11.9. The number of sulfonamides is 1. The summed E-state index contributed by atoms with van der Waals surface area (Å²) in [6, 6.07) is 11.3. The summed E-state index contributed by atoms with van der Waals surface area (Å²) in [4.78, 5) is 40.0. The molecule has 3 amide bonds. The van der Waals surface area contributed by atoms with Crippen LogP contribution in [0.3, 0.4) is 0 Å². The number of benzene rings is 2. The third-order valence-corrected chi connectivity index (χ3v) is 8.78. The number of fused-ring (bicyclic) bond motifs is 1. The summed E-state index contributed by atoms with van der Waals surface area (Å²) in [7, 11) is -1.99. The minimum Gasteiger partial charge on any atom is -0.488 e. The van der Waals surface area contributed by atoms with Gasteiger partial charge in [0.25, 0.3) is 5.91 Å². The number of likely N-dealkylation sites (N-methyl/N-ethyl adjacent to an activating group) is 1. The van der Waals surface area contributed by atoms with Gasteiger partial charge in [0.2, 0.25) is 21.8 Å². The molecule has 12 nitrogen and oxygen atoms in total. The van der Waals surface area contributed by atoms with E-state index in [0.717, 1.165) is 6.26 Å². The van der Waals surface area contributed by atoms with E-state index in [1.807, 2.05) is 6.92 Å². The predicted octanol–water partition coefficient (Wildman–Crippen LogP) is 2.91. The minimum atomic E-state index is -3.46. The molecule has 0 saturated carbocycles. The second-order valence-corrected chi connectivity index (χ2v) is 13.2. The molecule has 13 heteroatoms. The molecule has 0 saturated heterocycles. The van der Waals surface area contributed by atoms with Crippen molar-refractivity contribution in [3.8, 4) is 5.75 Å². The van der Waals surface area contributed by atoms with Crippen LogP contribution in [0.2, 0.25) is 0 Å². The first kappa shape index (κ1) is 33.8. The van der Waals surface area contributed by atoms with Gasteiger partial charge in [-0.05, 0) is 50.1 Å². The topological polar surface area (TPSA) is 171 Å². The number of nitrogens with one attached hydrogen (secondary N) is 2. The van der Waals surface area contributed by atoms with E-state index < -0.39 is 22.2 Å². The molecule has 236 valence electrons. The second-order valence-electron chi connectivity index (χ2n) is 11.1. The standard InChI is InChI=1S/C30H43N5O7S/c1-20-17-35(21(2)19-36)30(39)23-16-22(14-15-26(23)42-27(20)18-34(3)43(4,40)41)32-28(37)12-6-5-7-13-29(38)33-25-11-9-8-10-24(25)31/h8-11,14-16,20-21,27,36H,5-7,12-13,17-19,31H2,1-4H3,(H,32,37)(H,33,38)/t20-,21+,27-/m0/s1. The maximum Gasteiger partial charge on any atom is 0.258 e. The summed E-state index contributed by atoms with van der Waals surface area (Å²) in [5.74, 6) is -0.698. The number of nitrogen functional groups attached to an aromatic ring is 1. The second kappa shape index (κ2) is 15.2. The van der Waals surface area contributed by atoms with Crippen LogP contribution in [0.5, 0.6) is 5.75 Å². The number of aliphatic hydroxyl groups excluding tert-OH is 1. The molecule has 5 N–H and O–H groups in total. The van der Waals surface area contributed by atoms with E-state index in [-0.39, 0.29) is 61.1 Å². The zero-order chi connectivity index (χ0) is 31.7. The first-order chi connectivity index (χ1) is 20.3. The van der Waals surface area contributed by atoms with Gasteiger partial charge in [-0.3, -0.25) is 14.4 Å². The molecule has 1 aliphatic heterocycles. The van der Waals surface area contributed by atoms with Crippen molar-refractivity contribution < 1.29 is 32.6 Å². The van der Waals surface area contributed by atoms with Gasteiger partial charge in [-0.15, -0.1) is 0 Å². The van der Waals surface area contributed by atoms with E-state index in [1.54, 1.807) is 54.3 Å². The molecule has 3 atom stereocenters. The van der Waals surface area contributed by atoms with Gasteiger partial charge in [-0.1, -0.05) is 25.5 Å². The maximum absolute atomic E-state index is 13.6. The normalized spacial score (nSPS) is 17.8. The summed E-state index contributed by atoms with van der Waals surface area (Å²) < 4.78 is 31.5. The zero-order valence-corrected chi connectivity index (χ0v) is 26.0. The third-order valence-electron chi connectivity index (χ3n) is 7.49. The Labute approximate surface area is 253 Å². The molecule has 1 aliphatic rings. The smallest absolute Gasteiger partial charge is 0.258 e. The van der Waals surface area contributed by atoms with Crippen LogP contribution in [0.15, 0.2) is 42.5 Å². The Bertz CT molecular complexity index is 1400. The molecule has 43 heavy (non-hydrogen) atoms. The molecule has 0 fully saturated rings. The highest BCUT2D eigenvalue weighted by atomic mass is 32.2. The zero-order valence-electron chi connectivity index (χ0n) is 25.2. The number of carbonyl (C=O) groups is 3. The number of hydrogen-bond donors (Lipinski definition) is 4. The molecule has 0 unspecified atom stereocenters. The average molecular weight is 618 g/mol. The van der Waals surface area contributed by atoms with Crippen molar-refractivity contribution in [3.63, 3.8) is 0 Å². The number of hydrogen-bond acceptors (Lipinski definition) is 8. The lowest BCUT2D eigenvalue weighted by Gasteiger charge is -2.38. The van der Waals surface area contributed by atoms with Crippen molar-refractivity contribution in [2.24, 2.45) is 5.92 Å². The molecule has 2 aromatic carbocycles. The quantitative estimate of drug-likeness (QED) is 0.196. The summed E-state index contributed by atoms with van der Waals surface area (Å²) in [6.07, 6.45) is 2.97. The number of anilines is 3. The van der Waals surface area contributed by atoms with Gasteiger partial charge >= 0.3 is 0 Å². The summed E-state index contributed by atoms with van der Waals surface area (Å²) in [6.45, 7) is 3.68. The molecular weight excluding hydrogens is 574 g/mol. The summed E-state index contributed by atoms with van der Waals surface area (Å²) >= 11 is 0. The Morgan fingerprint density at radius 1 is 1.12 bits per heavy atom. The number of para-hydroxylation sites is 2. The first-order valence-electron chi connectivity index (χ1n) is 14.4. The van der Waals surface area contributed by atoms with Crippen LogP contribution in [0.25, 0.3) is 0 Å². The SMILES string of the molecule is C[C@H](CO)N1C[C@H](C)[C@H](CN(C)S(C)(=O)=O)Oc2ccc(NC(=O)CCCCCC(=O)Nc3ccccc3N)cc2C1=O. The Morgan fingerprint density at radius 3 is 2.40 bits per heavy atom. The van der Waals surface area contributed by atoms with Crippen molar-refractivity contribution in [2.45, 2.75) is 58.1 Å². The molecule has 0 aromatic heterocycles. The Morgan fingerprint density at radius 2 is 1.77 bits per heavy atom. The molecule has 2 aromatic rings. The van der Waals surface area contributed by atoms with Gasteiger partial charge in [-0.25, -0.2) is 12.7 Å². The van der Waals surface area contributed by atoms with Crippen LogP contribution in [-0.2, 0) is 19.6 Å². The fourth-order valence-corrected chi connectivity index (χ4v) is 5.12. The fraction of sp³-hybridized carbons (Fsp3) is 0.500. The number of carbonyl (C=O) groups excluding carboxylic acids is 3. The van der Waals surface area contributed by atoms with Gasteiger partial charge < -0.3 is 31.1 Å². The highest BCUT2D eigenvalue weighted by Crippen LogP contribution is 2.31. The maximum atomic E-state index is 13.6. The lowest BCUT2D eigenvalue weighted by Crippen LogP contribution is -2.50. The molecular formula is C30H43N5O7S. The lowest BCUT2D eigenvalue weighted by atomic mass is 9.99. The van der Waals surface area contributed by atoms with E-state index in [1.165, 1.54) is 11.4 Å². The van der Waals surface area contributed by atoms with Crippen LogP contribution < -0.4 is 21.1 Å². The van der Waals surface area contributed by atoms with Gasteiger partial charge in [0.15, 0.2) is 0 Å². The van der Waals surface area contributed by atoms with E-state index in [4.69, 9.17) is 10.5 Å². The predicted molar refractivity (Wildman–Crippen MR) is 166 cm³/mol. The largest absolute Gasteiger partial charge is 0.488 e. The van der Waals surface area contributed by atoms with Crippen LogP contribution in [0, 0.1) is 5.92 Å². The minimum absolute atomic E-state index is 0.0788. The van der Waals surface area contributed by atoms with Gasteiger partial charge in [-0.2, -0.15) is 0 Å². The van der Waals surface area contributed by atoms with Crippen LogP contribution in [0.4, 0.5) is 17.1 Å². The van der Waals surface area contributed by atoms with E-state index >= 15 is 0 Å². The molecule has 0 radical (unpaired) electrons. The Balaban J connectivity index is 1.62. The number of amides is 3. The lowest BCUT2D eigenvalue weighted by molar-refractivity contribution is -0.116. The number of rotatable bonds is 13. The van der Waals surface area contributed by atoms with Crippen LogP contribution in [0.1, 0.15) is 56.3 Å². The van der Waals surface area contributed by atoms with Crippen molar-refractivity contribution >= 4 is 44.8 Å². The van der Waals surface area contributed by atoms with E-state index in [9.17, 15) is 27.9 Å². The fourth-order valence-electron chi connectivity index (χ4n) is 4.70. The molecule has 0 aliphatic carbocycles. The van der Waals surface area contributed by atoms with Crippen molar-refractivity contribution in [2.75, 3.05) is 49.4 Å². The number of aliphatic hydroxyl groups is 1. The summed E-state index contributed by atoms with van der Waals surface area (Å²) in [5.41, 5.74) is 7.55. The number of unbranched alkanes of at least 4 members (excludes halogenated alkanes) is 2. The van der Waals surface area contributed by atoms with Gasteiger partial charge in [0.1, 0.15) is 11.9 Å². The highest BCUT2D eigenvalue weighted by Gasteiger charge is 2.34. The van der Waals surface area contributed by atoms with Crippen molar-refractivity contribution in [1.29, 1.82) is 0 Å². The average Bonchev–Trinajstić information content (AvgIpc) is 2.95. The monoisotopic (exact) mass is 617 g/mol. The number of nitrogens with two attached hydrogens (primary N) is 1. The van der Waals surface area contributed by atoms with Crippen molar-refractivity contribution in [1.82, 2.24) is 9.21 Å². The Hall–Kier alpha value is -3.68. The van der Waals surface area contributed by atoms with Crippen LogP contribution >= 0.6 is 0 Å². The molecule has 1 heterocycles. The third kappa shape index (κ3) is 9.66. The van der Waals surface area contributed by atoms with Crippen LogP contribution in [-0.4, -0.2) is 85.6 Å².